The molecule has 0 aromatic carbocycles. The molecule has 3 atom stereocenters. The van der Waals surface area contributed by atoms with Crippen molar-refractivity contribution in [3.63, 3.8) is 0 Å². The number of likely N-dealkylation sites (tertiary alicyclic amines) is 1. The first kappa shape index (κ1) is 13.7. The van der Waals surface area contributed by atoms with E-state index in [2.05, 4.69) is 19.7 Å². The third-order valence-corrected chi connectivity index (χ3v) is 4.47. The Morgan fingerprint density at radius 2 is 1.96 bits per heavy atom. The van der Waals surface area contributed by atoms with Gasteiger partial charge in [0, 0.05) is 48.9 Å². The normalized spacial score (nSPS) is 25.0. The lowest BCUT2D eigenvalue weighted by Crippen LogP contribution is -2.37. The summed E-state index contributed by atoms with van der Waals surface area (Å²) in [5.41, 5.74) is 0.738. The van der Waals surface area contributed by atoms with Crippen molar-refractivity contribution in [2.45, 2.75) is 6.04 Å². The van der Waals surface area contributed by atoms with Gasteiger partial charge in [-0.05, 0) is 12.1 Å². The van der Waals surface area contributed by atoms with Gasteiger partial charge in [-0.3, -0.25) is 19.6 Å². The molecule has 1 aliphatic carbocycles. The SMILES string of the molecule is O=C(NC1[C@H]2CN(C(=O)c3ccncc3)C[C@@H]12)c1coc(=O)[nH]1. The molecule has 23 heavy (non-hydrogen) atoms. The molecule has 2 amide bonds. The largest absolute Gasteiger partial charge is 0.416 e. The Morgan fingerprint density at radius 3 is 2.57 bits per heavy atom. The Morgan fingerprint density at radius 1 is 1.26 bits per heavy atom. The minimum atomic E-state index is -0.653. The van der Waals surface area contributed by atoms with E-state index in [0.717, 1.165) is 6.26 Å². The second-order valence-electron chi connectivity index (χ2n) is 5.83. The summed E-state index contributed by atoms with van der Waals surface area (Å²) in [6, 6.07) is 3.43. The zero-order valence-electron chi connectivity index (χ0n) is 12.1. The number of aromatic amines is 1. The standard InChI is InChI=1S/C15H14N4O4/c20-13(11-7-23-15(22)17-11)18-12-9-5-19(6-10(9)12)14(21)8-1-3-16-4-2-8/h1-4,7,9-10,12H,5-6H2,(H,17,22)(H,18,20)/t9-,10+,12?. The molecule has 1 saturated heterocycles. The van der Waals surface area contributed by atoms with E-state index in [1.165, 1.54) is 0 Å². The van der Waals surface area contributed by atoms with Crippen LogP contribution >= 0.6 is 0 Å². The van der Waals surface area contributed by atoms with Gasteiger partial charge in [-0.25, -0.2) is 4.79 Å². The summed E-state index contributed by atoms with van der Waals surface area (Å²) >= 11 is 0. The number of H-pyrrole nitrogens is 1. The molecule has 4 rings (SSSR count). The molecule has 2 aromatic heterocycles. The second kappa shape index (κ2) is 5.08. The van der Waals surface area contributed by atoms with Crippen molar-refractivity contribution in [2.24, 2.45) is 11.8 Å². The molecule has 2 fully saturated rings. The van der Waals surface area contributed by atoms with Gasteiger partial charge in [-0.15, -0.1) is 0 Å². The summed E-state index contributed by atoms with van der Waals surface area (Å²) in [7, 11) is 0. The molecule has 0 radical (unpaired) electrons. The van der Waals surface area contributed by atoms with Crippen LogP contribution in [0.5, 0.6) is 0 Å². The molecule has 1 saturated carbocycles. The topological polar surface area (TPSA) is 108 Å². The predicted molar refractivity (Wildman–Crippen MR) is 77.7 cm³/mol. The van der Waals surface area contributed by atoms with E-state index in [-0.39, 0.29) is 35.4 Å². The summed E-state index contributed by atoms with van der Waals surface area (Å²) in [6.45, 7) is 1.25. The molecular weight excluding hydrogens is 300 g/mol. The van der Waals surface area contributed by atoms with Crippen molar-refractivity contribution in [2.75, 3.05) is 13.1 Å². The number of carbonyl (C=O) groups is 2. The molecule has 2 N–H and O–H groups in total. The minimum Gasteiger partial charge on any atom is -0.416 e. The number of nitrogens with zero attached hydrogens (tertiary/aromatic N) is 2. The van der Waals surface area contributed by atoms with Crippen molar-refractivity contribution < 1.29 is 14.0 Å². The van der Waals surface area contributed by atoms with Crippen molar-refractivity contribution in [3.05, 3.63) is 52.6 Å². The van der Waals surface area contributed by atoms with Crippen molar-refractivity contribution in [3.8, 4) is 0 Å². The van der Waals surface area contributed by atoms with Crippen LogP contribution in [0.4, 0.5) is 0 Å². The molecule has 3 heterocycles. The summed E-state index contributed by atoms with van der Waals surface area (Å²) < 4.78 is 4.55. The predicted octanol–water partition coefficient (Wildman–Crippen LogP) is -0.137. The highest BCUT2D eigenvalue weighted by Gasteiger charge is 2.57. The van der Waals surface area contributed by atoms with Gasteiger partial charge in [0.2, 0.25) is 0 Å². The van der Waals surface area contributed by atoms with Gasteiger partial charge in [0.1, 0.15) is 12.0 Å². The molecule has 1 unspecified atom stereocenters. The summed E-state index contributed by atoms with van der Waals surface area (Å²) in [5, 5.41) is 2.87. The highest BCUT2D eigenvalue weighted by Crippen LogP contribution is 2.45. The third-order valence-electron chi connectivity index (χ3n) is 4.47. The maximum absolute atomic E-state index is 12.3. The molecule has 2 aliphatic rings. The Bertz CT molecular complexity index is 800. The minimum absolute atomic E-state index is 0.0103. The average molecular weight is 314 g/mol. The first-order valence-electron chi connectivity index (χ1n) is 7.31. The number of pyridine rings is 1. The lowest BCUT2D eigenvalue weighted by Gasteiger charge is -2.20. The maximum Gasteiger partial charge on any atom is 0.416 e. The smallest absolute Gasteiger partial charge is 0.416 e. The molecule has 1 aliphatic heterocycles. The van der Waals surface area contributed by atoms with Crippen LogP contribution in [-0.4, -0.2) is 45.8 Å². The molecule has 0 bridgehead atoms. The quantitative estimate of drug-likeness (QED) is 0.820. The van der Waals surface area contributed by atoms with Gasteiger partial charge < -0.3 is 14.6 Å². The molecule has 2 aromatic rings. The van der Waals surface area contributed by atoms with E-state index in [0.29, 0.717) is 18.7 Å². The van der Waals surface area contributed by atoms with Crippen LogP contribution in [0.3, 0.4) is 0 Å². The highest BCUT2D eigenvalue weighted by atomic mass is 16.4. The fourth-order valence-electron chi connectivity index (χ4n) is 3.20. The van der Waals surface area contributed by atoms with E-state index in [1.807, 2.05) is 0 Å². The number of hydrogen-bond donors (Lipinski definition) is 2. The van der Waals surface area contributed by atoms with Crippen molar-refractivity contribution in [1.29, 1.82) is 0 Å². The van der Waals surface area contributed by atoms with Crippen LogP contribution in [0.25, 0.3) is 0 Å². The fraction of sp³-hybridized carbons (Fsp3) is 0.333. The van der Waals surface area contributed by atoms with Gasteiger partial charge in [-0.1, -0.05) is 0 Å². The van der Waals surface area contributed by atoms with Gasteiger partial charge in [0.15, 0.2) is 0 Å². The number of hydrogen-bond acceptors (Lipinski definition) is 5. The van der Waals surface area contributed by atoms with Crippen LogP contribution in [0.1, 0.15) is 20.8 Å². The van der Waals surface area contributed by atoms with E-state index >= 15 is 0 Å². The summed E-state index contributed by atoms with van der Waals surface area (Å²) in [4.78, 5) is 43.2. The van der Waals surface area contributed by atoms with Crippen LogP contribution in [0.2, 0.25) is 0 Å². The first-order chi connectivity index (χ1) is 11.1. The van der Waals surface area contributed by atoms with Crippen LogP contribution in [0, 0.1) is 11.8 Å². The van der Waals surface area contributed by atoms with E-state index in [1.54, 1.807) is 29.4 Å². The zero-order valence-corrected chi connectivity index (χ0v) is 12.1. The molecule has 118 valence electrons. The number of amides is 2. The van der Waals surface area contributed by atoms with E-state index in [4.69, 9.17) is 0 Å². The Labute approximate surface area is 130 Å². The molecule has 0 spiro atoms. The molecule has 8 heteroatoms. The lowest BCUT2D eigenvalue weighted by atomic mass is 10.2. The first-order valence-corrected chi connectivity index (χ1v) is 7.31. The number of fused-ring (bicyclic) bond motifs is 1. The van der Waals surface area contributed by atoms with E-state index < -0.39 is 5.76 Å². The molecule has 8 nitrogen and oxygen atoms in total. The number of aromatic nitrogens is 2. The Kier molecular flexibility index (Phi) is 3.03. The van der Waals surface area contributed by atoms with E-state index in [9.17, 15) is 14.4 Å². The fourth-order valence-corrected chi connectivity index (χ4v) is 3.20. The number of rotatable bonds is 3. The average Bonchev–Trinajstić information content (AvgIpc) is 2.97. The monoisotopic (exact) mass is 314 g/mol. The van der Waals surface area contributed by atoms with Gasteiger partial charge in [0.05, 0.1) is 0 Å². The van der Waals surface area contributed by atoms with Crippen molar-refractivity contribution in [1.82, 2.24) is 20.2 Å². The molecular formula is C15H14N4O4. The number of carbonyl (C=O) groups excluding carboxylic acids is 2. The summed E-state index contributed by atoms with van der Waals surface area (Å²) in [6.07, 6.45) is 4.30. The third kappa shape index (κ3) is 2.41. The number of oxazole rings is 1. The van der Waals surface area contributed by atoms with Gasteiger partial charge >= 0.3 is 5.76 Å². The highest BCUT2D eigenvalue weighted by molar-refractivity contribution is 5.95. The van der Waals surface area contributed by atoms with Gasteiger partial charge in [0.25, 0.3) is 11.8 Å². The second-order valence-corrected chi connectivity index (χ2v) is 5.83. The summed E-state index contributed by atoms with van der Waals surface area (Å²) in [5.74, 6) is -0.488. The van der Waals surface area contributed by atoms with Crippen molar-refractivity contribution >= 4 is 11.8 Å². The lowest BCUT2D eigenvalue weighted by molar-refractivity contribution is 0.0769. The Balaban J connectivity index is 1.34. The maximum atomic E-state index is 12.3. The van der Waals surface area contributed by atoms with Crippen LogP contribution < -0.4 is 11.1 Å². The Hall–Kier alpha value is -2.90. The number of piperidine rings is 1. The van der Waals surface area contributed by atoms with Gasteiger partial charge in [-0.2, -0.15) is 0 Å². The van der Waals surface area contributed by atoms with Crippen LogP contribution in [-0.2, 0) is 0 Å². The van der Waals surface area contributed by atoms with Crippen LogP contribution in [0.15, 0.2) is 40.0 Å². The zero-order chi connectivity index (χ0) is 16.0. The number of nitrogens with one attached hydrogen (secondary N) is 2.